The second-order valence-electron chi connectivity index (χ2n) is 6.90. The summed E-state index contributed by atoms with van der Waals surface area (Å²) in [6.07, 6.45) is 1.65. The standard InChI is InChI=1S/C20H25N5O2/c1-15(24-12-10-23(2)11-13-24)20-21-19(18-5-4-14-27-18)22-25(20)16-6-8-17(26-3)9-7-16/h4-9,14-15H,10-13H2,1-3H3. The summed E-state index contributed by atoms with van der Waals surface area (Å²) in [7, 11) is 3.83. The third-order valence-electron chi connectivity index (χ3n) is 5.15. The second-order valence-corrected chi connectivity index (χ2v) is 6.90. The van der Waals surface area contributed by atoms with E-state index in [9.17, 15) is 0 Å². The smallest absolute Gasteiger partial charge is 0.217 e. The molecule has 0 saturated carbocycles. The number of furan rings is 1. The van der Waals surface area contributed by atoms with Gasteiger partial charge in [-0.2, -0.15) is 0 Å². The van der Waals surface area contributed by atoms with Gasteiger partial charge in [-0.25, -0.2) is 9.67 Å². The zero-order chi connectivity index (χ0) is 18.8. The van der Waals surface area contributed by atoms with Crippen LogP contribution >= 0.6 is 0 Å². The highest BCUT2D eigenvalue weighted by Gasteiger charge is 2.26. The molecule has 7 heteroatoms. The second kappa shape index (κ2) is 7.54. The van der Waals surface area contributed by atoms with Crippen LogP contribution in [0.25, 0.3) is 17.3 Å². The summed E-state index contributed by atoms with van der Waals surface area (Å²) in [5.41, 5.74) is 0.956. The van der Waals surface area contributed by atoms with E-state index >= 15 is 0 Å². The summed E-state index contributed by atoms with van der Waals surface area (Å²) in [4.78, 5) is 9.64. The lowest BCUT2D eigenvalue weighted by molar-refractivity contribution is 0.114. The van der Waals surface area contributed by atoms with Gasteiger partial charge in [0, 0.05) is 26.2 Å². The topological polar surface area (TPSA) is 59.6 Å². The molecule has 1 saturated heterocycles. The summed E-state index contributed by atoms with van der Waals surface area (Å²) in [6, 6.07) is 11.8. The molecule has 1 fully saturated rings. The molecular formula is C20H25N5O2. The minimum absolute atomic E-state index is 0.150. The fourth-order valence-electron chi connectivity index (χ4n) is 3.39. The normalized spacial score (nSPS) is 17.1. The monoisotopic (exact) mass is 367 g/mol. The van der Waals surface area contributed by atoms with Crippen LogP contribution in [0.2, 0.25) is 0 Å². The SMILES string of the molecule is COc1ccc(-n2nc(-c3ccco3)nc2C(C)N2CCN(C)CC2)cc1. The summed E-state index contributed by atoms with van der Waals surface area (Å²) < 4.78 is 12.7. The maximum Gasteiger partial charge on any atom is 0.217 e. The number of ether oxygens (including phenoxy) is 1. The largest absolute Gasteiger partial charge is 0.497 e. The number of aromatic nitrogens is 3. The summed E-state index contributed by atoms with van der Waals surface area (Å²) >= 11 is 0. The highest BCUT2D eigenvalue weighted by molar-refractivity contribution is 5.47. The first-order chi connectivity index (χ1) is 13.2. The van der Waals surface area contributed by atoms with Crippen molar-refractivity contribution in [1.82, 2.24) is 24.6 Å². The highest BCUT2D eigenvalue weighted by atomic mass is 16.5. The van der Waals surface area contributed by atoms with Crippen LogP contribution in [0.5, 0.6) is 5.75 Å². The van der Waals surface area contributed by atoms with Crippen LogP contribution in [0.3, 0.4) is 0 Å². The summed E-state index contributed by atoms with van der Waals surface area (Å²) in [6.45, 7) is 6.35. The van der Waals surface area contributed by atoms with Crippen molar-refractivity contribution in [2.45, 2.75) is 13.0 Å². The van der Waals surface area contributed by atoms with E-state index in [-0.39, 0.29) is 6.04 Å². The molecule has 2 aromatic heterocycles. The van der Waals surface area contributed by atoms with Crippen molar-refractivity contribution >= 4 is 0 Å². The molecule has 1 aromatic carbocycles. The van der Waals surface area contributed by atoms with Gasteiger partial charge in [-0.3, -0.25) is 4.90 Å². The van der Waals surface area contributed by atoms with Crippen LogP contribution in [0, 0.1) is 0 Å². The zero-order valence-corrected chi connectivity index (χ0v) is 16.0. The Kier molecular flexibility index (Phi) is 4.96. The van der Waals surface area contributed by atoms with Gasteiger partial charge >= 0.3 is 0 Å². The third kappa shape index (κ3) is 3.61. The Morgan fingerprint density at radius 1 is 1.07 bits per heavy atom. The van der Waals surface area contributed by atoms with Gasteiger partial charge in [0.05, 0.1) is 25.1 Å². The Morgan fingerprint density at radius 2 is 1.81 bits per heavy atom. The van der Waals surface area contributed by atoms with Gasteiger partial charge in [-0.05, 0) is 50.4 Å². The van der Waals surface area contributed by atoms with Crippen molar-refractivity contribution in [3.05, 3.63) is 48.5 Å². The maximum atomic E-state index is 5.52. The highest BCUT2D eigenvalue weighted by Crippen LogP contribution is 2.27. The molecule has 142 valence electrons. The average Bonchev–Trinajstić information content (AvgIpc) is 3.38. The molecule has 0 radical (unpaired) electrons. The first-order valence-corrected chi connectivity index (χ1v) is 9.23. The van der Waals surface area contributed by atoms with Gasteiger partial charge in [0.2, 0.25) is 5.82 Å². The van der Waals surface area contributed by atoms with Crippen molar-refractivity contribution in [2.75, 3.05) is 40.3 Å². The van der Waals surface area contributed by atoms with Crippen LogP contribution < -0.4 is 4.74 Å². The van der Waals surface area contributed by atoms with Gasteiger partial charge in [-0.15, -0.1) is 5.10 Å². The predicted molar refractivity (Wildman–Crippen MR) is 103 cm³/mol. The Hall–Kier alpha value is -2.64. The van der Waals surface area contributed by atoms with Crippen LogP contribution in [0.15, 0.2) is 47.1 Å². The van der Waals surface area contributed by atoms with E-state index < -0.39 is 0 Å². The summed E-state index contributed by atoms with van der Waals surface area (Å²) in [5, 5.41) is 4.74. The molecule has 0 amide bonds. The van der Waals surface area contributed by atoms with Crippen molar-refractivity contribution < 1.29 is 9.15 Å². The van der Waals surface area contributed by atoms with Gasteiger partial charge in [0.15, 0.2) is 5.76 Å². The molecule has 1 aliphatic rings. The Morgan fingerprint density at radius 3 is 2.44 bits per heavy atom. The van der Waals surface area contributed by atoms with Gasteiger partial charge in [-0.1, -0.05) is 0 Å². The molecule has 0 spiro atoms. The maximum absolute atomic E-state index is 5.52. The number of hydrogen-bond donors (Lipinski definition) is 0. The van der Waals surface area contributed by atoms with Crippen LogP contribution in [0.4, 0.5) is 0 Å². The van der Waals surface area contributed by atoms with Gasteiger partial charge < -0.3 is 14.1 Å². The van der Waals surface area contributed by atoms with E-state index in [1.807, 2.05) is 41.1 Å². The molecule has 1 atom stereocenters. The first kappa shape index (κ1) is 17.8. The van der Waals surface area contributed by atoms with E-state index in [1.165, 1.54) is 0 Å². The number of methoxy groups -OCH3 is 1. The fourth-order valence-corrected chi connectivity index (χ4v) is 3.39. The molecule has 4 rings (SSSR count). The molecule has 7 nitrogen and oxygen atoms in total. The number of likely N-dealkylation sites (N-methyl/N-ethyl adjacent to an activating group) is 1. The molecule has 27 heavy (non-hydrogen) atoms. The van der Waals surface area contributed by atoms with Crippen molar-refractivity contribution in [2.24, 2.45) is 0 Å². The minimum Gasteiger partial charge on any atom is -0.497 e. The Balaban J connectivity index is 1.71. The lowest BCUT2D eigenvalue weighted by Crippen LogP contribution is -2.45. The molecule has 0 bridgehead atoms. The number of rotatable bonds is 5. The van der Waals surface area contributed by atoms with E-state index in [1.54, 1.807) is 13.4 Å². The van der Waals surface area contributed by atoms with E-state index in [2.05, 4.69) is 23.8 Å². The number of nitrogens with zero attached hydrogens (tertiary/aromatic N) is 5. The van der Waals surface area contributed by atoms with Crippen molar-refractivity contribution in [1.29, 1.82) is 0 Å². The first-order valence-electron chi connectivity index (χ1n) is 9.23. The molecule has 3 heterocycles. The Labute approximate surface area is 159 Å². The van der Waals surface area contributed by atoms with E-state index in [0.29, 0.717) is 11.6 Å². The molecule has 3 aromatic rings. The van der Waals surface area contributed by atoms with Crippen LogP contribution in [-0.2, 0) is 0 Å². The number of benzene rings is 1. The van der Waals surface area contributed by atoms with Crippen molar-refractivity contribution in [3.63, 3.8) is 0 Å². The molecule has 1 unspecified atom stereocenters. The van der Waals surface area contributed by atoms with Gasteiger partial charge in [0.25, 0.3) is 0 Å². The predicted octanol–water partition coefficient (Wildman–Crippen LogP) is 2.84. The minimum atomic E-state index is 0.150. The fraction of sp³-hybridized carbons (Fsp3) is 0.400. The number of piperazine rings is 1. The molecule has 1 aliphatic heterocycles. The molecule has 0 aliphatic carbocycles. The van der Waals surface area contributed by atoms with Gasteiger partial charge in [0.1, 0.15) is 11.6 Å². The average molecular weight is 367 g/mol. The van der Waals surface area contributed by atoms with Crippen LogP contribution in [0.1, 0.15) is 18.8 Å². The quantitative estimate of drug-likeness (QED) is 0.691. The number of hydrogen-bond acceptors (Lipinski definition) is 6. The lowest BCUT2D eigenvalue weighted by atomic mass is 10.2. The van der Waals surface area contributed by atoms with Crippen LogP contribution in [-0.4, -0.2) is 64.9 Å². The van der Waals surface area contributed by atoms with E-state index in [0.717, 1.165) is 43.4 Å². The zero-order valence-electron chi connectivity index (χ0n) is 16.0. The molecule has 0 N–H and O–H groups in total. The Bertz CT molecular complexity index is 864. The lowest BCUT2D eigenvalue weighted by Gasteiger charge is -2.35. The summed E-state index contributed by atoms with van der Waals surface area (Å²) in [5.74, 6) is 3.01. The van der Waals surface area contributed by atoms with Crippen molar-refractivity contribution in [3.8, 4) is 23.0 Å². The van der Waals surface area contributed by atoms with E-state index in [4.69, 9.17) is 19.2 Å². The third-order valence-corrected chi connectivity index (χ3v) is 5.15. The molecular weight excluding hydrogens is 342 g/mol.